The van der Waals surface area contributed by atoms with Crippen LogP contribution in [0.4, 0.5) is 0 Å². The third-order valence-corrected chi connectivity index (χ3v) is 4.35. The lowest BCUT2D eigenvalue weighted by Crippen LogP contribution is -1.78. The smallest absolute Gasteiger partial charge is 0.0680 e. The first kappa shape index (κ1) is 7.10. The molecule has 38 valence electrons. The third-order valence-electron chi connectivity index (χ3n) is 0.211. The molecule has 5 heteroatoms. The van der Waals surface area contributed by atoms with Crippen molar-refractivity contribution in [3.63, 3.8) is 0 Å². The molecule has 0 radical (unpaired) electrons. The van der Waals surface area contributed by atoms with Crippen LogP contribution in [0.15, 0.2) is 0 Å². The fourth-order valence-electron chi connectivity index (χ4n) is 0. The average Bonchev–Trinajstić information content (AvgIpc) is 1.35. The first-order valence-electron chi connectivity index (χ1n) is 1.09. The van der Waals surface area contributed by atoms with Crippen LogP contribution in [0.3, 0.4) is 0 Å². The molecular formula is CH4OS4. The van der Waals surface area contributed by atoms with Gasteiger partial charge < -0.3 is 4.55 Å². The quantitative estimate of drug-likeness (QED) is 0.573. The molecule has 0 aliphatic heterocycles. The maximum absolute atomic E-state index is 8.50. The van der Waals surface area contributed by atoms with Crippen molar-refractivity contribution in [2.24, 2.45) is 0 Å². The maximum Gasteiger partial charge on any atom is 0.0680 e. The molecule has 0 saturated heterocycles. The molecule has 6 heavy (non-hydrogen) atoms. The highest BCUT2D eigenvalue weighted by Crippen LogP contribution is 2.02. The topological polar surface area (TPSA) is 20.2 Å². The van der Waals surface area contributed by atoms with Gasteiger partial charge in [-0.2, -0.15) is 0 Å². The SMILES string of the molecule is CSS(O)(=S)=S. The fourth-order valence-corrected chi connectivity index (χ4v) is 0. The molecule has 0 heterocycles. The van der Waals surface area contributed by atoms with Crippen LogP contribution in [-0.2, 0) is 28.8 Å². The van der Waals surface area contributed by atoms with Crippen molar-refractivity contribution in [1.82, 2.24) is 0 Å². The molecule has 0 aliphatic carbocycles. The largest absolute Gasteiger partial charge is 0.317 e. The normalized spacial score (nSPS) is 11.7. The molecule has 0 rings (SSSR count). The first-order valence-corrected chi connectivity index (χ1v) is 6.27. The summed E-state index contributed by atoms with van der Waals surface area (Å²) in [7, 11) is 1.15. The molecule has 0 aromatic heterocycles. The lowest BCUT2D eigenvalue weighted by atomic mass is 12.0. The van der Waals surface area contributed by atoms with Gasteiger partial charge >= 0.3 is 0 Å². The van der Waals surface area contributed by atoms with Gasteiger partial charge in [0, 0.05) is 0 Å². The Hall–Kier alpha value is 1.10. The van der Waals surface area contributed by atoms with Crippen molar-refractivity contribution in [3.05, 3.63) is 0 Å². The number of hydrogen-bond acceptors (Lipinski definition) is 3. The molecule has 0 bridgehead atoms. The Balaban J connectivity index is 3.85. The van der Waals surface area contributed by atoms with Crippen LogP contribution in [0.1, 0.15) is 0 Å². The Morgan fingerprint density at radius 3 is 1.83 bits per heavy atom. The second kappa shape index (κ2) is 2.42. The van der Waals surface area contributed by atoms with Crippen molar-refractivity contribution in [2.75, 3.05) is 6.26 Å². The van der Waals surface area contributed by atoms with E-state index in [0.29, 0.717) is 0 Å². The van der Waals surface area contributed by atoms with E-state index < -0.39 is 6.46 Å². The van der Waals surface area contributed by atoms with Gasteiger partial charge in [-0.05, 0) is 28.6 Å². The van der Waals surface area contributed by atoms with Crippen molar-refractivity contribution in [3.8, 4) is 0 Å². The summed E-state index contributed by atoms with van der Waals surface area (Å²) in [5.74, 6) is 0. The van der Waals surface area contributed by atoms with Gasteiger partial charge in [-0.3, -0.25) is 0 Å². The molecule has 0 unspecified atom stereocenters. The summed E-state index contributed by atoms with van der Waals surface area (Å²) in [6.45, 7) is -2.08. The Labute approximate surface area is 50.5 Å². The minimum absolute atomic E-state index is 1.15. The summed E-state index contributed by atoms with van der Waals surface area (Å²) in [6.07, 6.45) is 1.70. The second-order valence-corrected chi connectivity index (χ2v) is 9.02. The zero-order chi connectivity index (χ0) is 5.21. The van der Waals surface area contributed by atoms with Crippen LogP contribution >= 0.6 is 10.8 Å². The molecule has 0 spiro atoms. The van der Waals surface area contributed by atoms with Crippen LogP contribution < -0.4 is 0 Å². The first-order chi connectivity index (χ1) is 2.56. The van der Waals surface area contributed by atoms with Crippen molar-refractivity contribution in [1.29, 1.82) is 0 Å². The van der Waals surface area contributed by atoms with Crippen LogP contribution in [0.5, 0.6) is 0 Å². The number of rotatable bonds is 1. The van der Waals surface area contributed by atoms with E-state index in [9.17, 15) is 0 Å². The van der Waals surface area contributed by atoms with Gasteiger partial charge in [0.2, 0.25) is 0 Å². The van der Waals surface area contributed by atoms with Gasteiger partial charge in [-0.1, -0.05) is 10.8 Å². The Kier molecular flexibility index (Phi) is 2.86. The molecule has 1 N–H and O–H groups in total. The molecule has 0 amide bonds. The van der Waals surface area contributed by atoms with E-state index in [1.165, 1.54) is 0 Å². The molecule has 1 nitrogen and oxygen atoms in total. The van der Waals surface area contributed by atoms with Gasteiger partial charge in [0.15, 0.2) is 0 Å². The van der Waals surface area contributed by atoms with Crippen LogP contribution in [0, 0.1) is 0 Å². The molecule has 0 fully saturated rings. The van der Waals surface area contributed by atoms with E-state index in [0.717, 1.165) is 10.8 Å². The highest BCUT2D eigenvalue weighted by molar-refractivity contribution is 8.95. The Morgan fingerprint density at radius 2 is 1.83 bits per heavy atom. The van der Waals surface area contributed by atoms with E-state index in [1.807, 2.05) is 0 Å². The lowest BCUT2D eigenvalue weighted by Gasteiger charge is -1.88. The standard InChI is InChI=1S/CH4OS4/c1-5-6(2,3)4/h1H3,(H,2,3,4). The fraction of sp³-hybridized carbons (Fsp3) is 1.00. The average molecular weight is 160 g/mol. The minimum atomic E-state index is -2.08. The predicted molar refractivity (Wildman–Crippen MR) is 38.2 cm³/mol. The maximum atomic E-state index is 8.50. The van der Waals surface area contributed by atoms with Gasteiger partial charge in [0.05, 0.1) is 6.46 Å². The molecule has 0 aromatic carbocycles. The van der Waals surface area contributed by atoms with E-state index in [1.54, 1.807) is 6.26 Å². The monoisotopic (exact) mass is 160 g/mol. The highest BCUT2D eigenvalue weighted by Gasteiger charge is 1.83. The van der Waals surface area contributed by atoms with Gasteiger partial charge in [0.1, 0.15) is 0 Å². The lowest BCUT2D eigenvalue weighted by molar-refractivity contribution is 0.667. The summed E-state index contributed by atoms with van der Waals surface area (Å²) >= 11 is 8.81. The predicted octanol–water partition coefficient (Wildman–Crippen LogP) is 0.815. The van der Waals surface area contributed by atoms with E-state index in [-0.39, 0.29) is 0 Å². The van der Waals surface area contributed by atoms with Crippen LogP contribution in [0.25, 0.3) is 0 Å². The Morgan fingerprint density at radius 1 is 1.67 bits per heavy atom. The summed E-state index contributed by atoms with van der Waals surface area (Å²) in [4.78, 5) is 0. The van der Waals surface area contributed by atoms with E-state index in [4.69, 9.17) is 4.55 Å². The minimum Gasteiger partial charge on any atom is -0.317 e. The number of hydrogen-bond donors (Lipinski definition) is 1. The van der Waals surface area contributed by atoms with Gasteiger partial charge in [-0.25, -0.2) is 0 Å². The molecule has 0 aromatic rings. The molecular weight excluding hydrogens is 156 g/mol. The zero-order valence-electron chi connectivity index (χ0n) is 3.08. The van der Waals surface area contributed by atoms with Crippen LogP contribution in [-0.4, -0.2) is 10.8 Å². The van der Waals surface area contributed by atoms with E-state index >= 15 is 0 Å². The highest BCUT2D eigenvalue weighted by atomic mass is 33.5. The van der Waals surface area contributed by atoms with Crippen molar-refractivity contribution >= 4 is 39.6 Å². The third kappa shape index (κ3) is 5.10. The van der Waals surface area contributed by atoms with Crippen molar-refractivity contribution < 1.29 is 4.55 Å². The summed E-state index contributed by atoms with van der Waals surface area (Å²) in [5.41, 5.74) is 0. The summed E-state index contributed by atoms with van der Waals surface area (Å²) < 4.78 is 8.50. The molecule has 0 aliphatic rings. The summed E-state index contributed by atoms with van der Waals surface area (Å²) in [6, 6.07) is 0. The van der Waals surface area contributed by atoms with Crippen molar-refractivity contribution in [2.45, 2.75) is 0 Å². The zero-order valence-corrected chi connectivity index (χ0v) is 6.35. The Bertz CT molecular complexity index is 110. The van der Waals surface area contributed by atoms with Gasteiger partial charge in [0.25, 0.3) is 0 Å². The summed E-state index contributed by atoms with van der Waals surface area (Å²) in [5, 5.41) is 0. The molecule has 0 saturated carbocycles. The van der Waals surface area contributed by atoms with Gasteiger partial charge in [-0.15, -0.1) is 0 Å². The second-order valence-electron chi connectivity index (χ2n) is 0.594. The molecule has 0 atom stereocenters. The van der Waals surface area contributed by atoms with E-state index in [2.05, 4.69) is 22.4 Å². The van der Waals surface area contributed by atoms with Crippen LogP contribution in [0.2, 0.25) is 0 Å².